The predicted octanol–water partition coefficient (Wildman–Crippen LogP) is 4.01. The van der Waals surface area contributed by atoms with Gasteiger partial charge in [0.15, 0.2) is 0 Å². The van der Waals surface area contributed by atoms with E-state index in [9.17, 15) is 18.0 Å². The number of anilines is 1. The highest BCUT2D eigenvalue weighted by Gasteiger charge is 2.32. The Bertz CT molecular complexity index is 1300. The summed E-state index contributed by atoms with van der Waals surface area (Å²) in [5.41, 5.74) is 1.84. The van der Waals surface area contributed by atoms with E-state index in [1.165, 1.54) is 24.1 Å². The molecule has 35 heavy (non-hydrogen) atoms. The number of aryl methyl sites for hydroxylation is 1. The molecule has 0 spiro atoms. The van der Waals surface area contributed by atoms with Crippen molar-refractivity contribution in [3.63, 3.8) is 0 Å². The van der Waals surface area contributed by atoms with E-state index in [1.54, 1.807) is 67.6 Å². The van der Waals surface area contributed by atoms with Gasteiger partial charge in [0.1, 0.15) is 12.6 Å². The minimum atomic E-state index is -4.07. The summed E-state index contributed by atoms with van der Waals surface area (Å²) >= 11 is 6.32. The zero-order valence-corrected chi connectivity index (χ0v) is 21.4. The fourth-order valence-electron chi connectivity index (χ4n) is 3.63. The van der Waals surface area contributed by atoms with Crippen LogP contribution in [0.25, 0.3) is 0 Å². The molecule has 2 amide bonds. The molecule has 0 saturated heterocycles. The van der Waals surface area contributed by atoms with Crippen LogP contribution in [0.2, 0.25) is 5.02 Å². The summed E-state index contributed by atoms with van der Waals surface area (Å²) < 4.78 is 28.3. The molecular formula is C26H28ClN3O4S. The molecule has 0 aromatic heterocycles. The highest BCUT2D eigenvalue weighted by atomic mass is 35.5. The average Bonchev–Trinajstić information content (AvgIpc) is 2.86. The molecule has 0 bridgehead atoms. The molecule has 9 heteroatoms. The summed E-state index contributed by atoms with van der Waals surface area (Å²) in [6.45, 7) is 2.99. The molecule has 184 valence electrons. The van der Waals surface area contributed by atoms with E-state index >= 15 is 0 Å². The molecule has 0 aliphatic rings. The van der Waals surface area contributed by atoms with Crippen LogP contribution in [0.15, 0.2) is 83.8 Å². The van der Waals surface area contributed by atoms with Crippen LogP contribution in [0.5, 0.6) is 0 Å². The molecule has 0 heterocycles. The van der Waals surface area contributed by atoms with Crippen LogP contribution in [0.1, 0.15) is 18.1 Å². The van der Waals surface area contributed by atoms with Gasteiger partial charge >= 0.3 is 0 Å². The first-order chi connectivity index (χ1) is 16.6. The number of sulfonamides is 1. The molecule has 3 aromatic rings. The minimum absolute atomic E-state index is 0.0418. The number of nitrogens with one attached hydrogen (secondary N) is 1. The van der Waals surface area contributed by atoms with Crippen LogP contribution in [0.3, 0.4) is 0 Å². The Morgan fingerprint density at radius 1 is 0.971 bits per heavy atom. The topological polar surface area (TPSA) is 86.8 Å². The highest BCUT2D eigenvalue weighted by molar-refractivity contribution is 7.92. The molecule has 1 atom stereocenters. The van der Waals surface area contributed by atoms with Gasteiger partial charge in [-0.3, -0.25) is 13.9 Å². The van der Waals surface area contributed by atoms with Gasteiger partial charge in [-0.25, -0.2) is 8.42 Å². The Labute approximate surface area is 211 Å². The largest absolute Gasteiger partial charge is 0.357 e. The molecule has 0 aliphatic heterocycles. The second-order valence-electron chi connectivity index (χ2n) is 8.07. The minimum Gasteiger partial charge on any atom is -0.357 e. The predicted molar refractivity (Wildman–Crippen MR) is 138 cm³/mol. The Morgan fingerprint density at radius 2 is 1.63 bits per heavy atom. The molecule has 7 nitrogen and oxygen atoms in total. The summed E-state index contributed by atoms with van der Waals surface area (Å²) in [4.78, 5) is 27.5. The van der Waals surface area contributed by atoms with Crippen LogP contribution < -0.4 is 9.62 Å². The number of halogens is 1. The van der Waals surface area contributed by atoms with Crippen molar-refractivity contribution in [1.82, 2.24) is 10.2 Å². The van der Waals surface area contributed by atoms with E-state index in [4.69, 9.17) is 11.6 Å². The Balaban J connectivity index is 2.04. The summed E-state index contributed by atoms with van der Waals surface area (Å²) in [5.74, 6) is -0.916. The zero-order valence-electron chi connectivity index (χ0n) is 19.8. The van der Waals surface area contributed by atoms with Crippen molar-refractivity contribution in [1.29, 1.82) is 0 Å². The lowest BCUT2D eigenvalue weighted by Gasteiger charge is -2.32. The third kappa shape index (κ3) is 6.21. The number of hydrogen-bond acceptors (Lipinski definition) is 4. The molecule has 3 aromatic carbocycles. The van der Waals surface area contributed by atoms with E-state index in [2.05, 4.69) is 5.32 Å². The van der Waals surface area contributed by atoms with Gasteiger partial charge in [-0.2, -0.15) is 0 Å². The van der Waals surface area contributed by atoms with Crippen LogP contribution in [0.4, 0.5) is 5.69 Å². The Kier molecular flexibility index (Phi) is 8.53. The van der Waals surface area contributed by atoms with Gasteiger partial charge in [0, 0.05) is 18.6 Å². The standard InChI is InChI=1S/C26H28ClN3O4S/c1-19-10-9-12-22(16-19)30(35(33,34)23-13-5-4-6-14-23)18-25(31)29(20(2)26(32)28-3)17-21-11-7-8-15-24(21)27/h4-16,20H,17-18H2,1-3H3,(H,28,32)/t20-/m0/s1. The summed E-state index contributed by atoms with van der Waals surface area (Å²) in [6, 6.07) is 21.0. The van der Waals surface area contributed by atoms with Gasteiger partial charge in [0.05, 0.1) is 10.6 Å². The second-order valence-corrected chi connectivity index (χ2v) is 10.3. The normalized spacial score (nSPS) is 12.0. The van der Waals surface area contributed by atoms with Crippen molar-refractivity contribution in [2.24, 2.45) is 0 Å². The number of likely N-dealkylation sites (N-methyl/N-ethyl adjacent to an activating group) is 1. The van der Waals surface area contributed by atoms with Crippen molar-refractivity contribution in [2.75, 3.05) is 17.9 Å². The molecule has 0 saturated carbocycles. The average molecular weight is 514 g/mol. The van der Waals surface area contributed by atoms with Crippen LogP contribution >= 0.6 is 11.6 Å². The van der Waals surface area contributed by atoms with Crippen molar-refractivity contribution in [3.8, 4) is 0 Å². The fourth-order valence-corrected chi connectivity index (χ4v) is 5.26. The molecular weight excluding hydrogens is 486 g/mol. The molecule has 0 aliphatic carbocycles. The van der Waals surface area contributed by atoms with Crippen LogP contribution in [-0.2, 0) is 26.2 Å². The van der Waals surface area contributed by atoms with E-state index < -0.39 is 28.5 Å². The third-order valence-electron chi connectivity index (χ3n) is 5.61. The molecule has 0 fully saturated rings. The molecule has 3 rings (SSSR count). The Morgan fingerprint density at radius 3 is 2.26 bits per heavy atom. The number of nitrogens with zero attached hydrogens (tertiary/aromatic N) is 2. The van der Waals surface area contributed by atoms with E-state index in [0.29, 0.717) is 16.3 Å². The van der Waals surface area contributed by atoms with Crippen molar-refractivity contribution in [3.05, 3.63) is 95.0 Å². The number of benzene rings is 3. The van der Waals surface area contributed by atoms with Gasteiger partial charge in [0.2, 0.25) is 11.8 Å². The SMILES string of the molecule is CNC(=O)[C@H](C)N(Cc1ccccc1Cl)C(=O)CN(c1cccc(C)c1)S(=O)(=O)c1ccccc1. The lowest BCUT2D eigenvalue weighted by atomic mass is 10.1. The number of hydrogen-bond donors (Lipinski definition) is 1. The van der Waals surface area contributed by atoms with Crippen LogP contribution in [0, 0.1) is 6.92 Å². The molecule has 1 N–H and O–H groups in total. The number of carbonyl (C=O) groups excluding carboxylic acids is 2. The summed E-state index contributed by atoms with van der Waals surface area (Å²) in [5, 5.41) is 3.00. The van der Waals surface area contributed by atoms with Crippen molar-refractivity contribution >= 4 is 39.1 Å². The quantitative estimate of drug-likeness (QED) is 0.468. The van der Waals surface area contributed by atoms with E-state index in [0.717, 1.165) is 9.87 Å². The smallest absolute Gasteiger partial charge is 0.264 e. The van der Waals surface area contributed by atoms with E-state index in [-0.39, 0.29) is 17.3 Å². The molecule has 0 radical (unpaired) electrons. The first-order valence-electron chi connectivity index (χ1n) is 11.0. The maximum absolute atomic E-state index is 13.7. The number of amides is 2. The number of carbonyl (C=O) groups is 2. The third-order valence-corrected chi connectivity index (χ3v) is 7.77. The second kappa shape index (κ2) is 11.4. The fraction of sp³-hybridized carbons (Fsp3) is 0.231. The Hall–Kier alpha value is -3.36. The van der Waals surface area contributed by atoms with Gasteiger partial charge < -0.3 is 10.2 Å². The number of rotatable bonds is 9. The lowest BCUT2D eigenvalue weighted by Crippen LogP contribution is -2.50. The van der Waals surface area contributed by atoms with Crippen LogP contribution in [-0.4, -0.2) is 44.8 Å². The molecule has 0 unspecified atom stereocenters. The zero-order chi connectivity index (χ0) is 25.6. The lowest BCUT2D eigenvalue weighted by molar-refractivity contribution is -0.139. The summed E-state index contributed by atoms with van der Waals surface area (Å²) in [6.07, 6.45) is 0. The first kappa shape index (κ1) is 26.2. The maximum atomic E-state index is 13.7. The van der Waals surface area contributed by atoms with Crippen molar-refractivity contribution < 1.29 is 18.0 Å². The van der Waals surface area contributed by atoms with Crippen molar-refractivity contribution in [2.45, 2.75) is 31.3 Å². The monoisotopic (exact) mass is 513 g/mol. The van der Waals surface area contributed by atoms with E-state index in [1.807, 2.05) is 13.0 Å². The highest BCUT2D eigenvalue weighted by Crippen LogP contribution is 2.26. The maximum Gasteiger partial charge on any atom is 0.264 e. The van der Waals surface area contributed by atoms with Gasteiger partial charge in [-0.15, -0.1) is 0 Å². The van der Waals surface area contributed by atoms with Gasteiger partial charge in [-0.1, -0.05) is 60.1 Å². The summed E-state index contributed by atoms with van der Waals surface area (Å²) in [7, 11) is -2.59. The van der Waals surface area contributed by atoms with Gasteiger partial charge in [-0.05, 0) is 55.3 Å². The first-order valence-corrected chi connectivity index (χ1v) is 12.9. The van der Waals surface area contributed by atoms with Gasteiger partial charge in [0.25, 0.3) is 10.0 Å².